The van der Waals surface area contributed by atoms with E-state index in [9.17, 15) is 19.2 Å². The lowest BCUT2D eigenvalue weighted by Crippen LogP contribution is -2.39. The lowest BCUT2D eigenvalue weighted by Gasteiger charge is -2.28. The average molecular weight is 972 g/mol. The molecule has 4 aromatic carbocycles. The van der Waals surface area contributed by atoms with E-state index in [1.807, 2.05) is 84.2 Å². The van der Waals surface area contributed by atoms with Crippen molar-refractivity contribution < 1.29 is 33.4 Å². The van der Waals surface area contributed by atoms with Crippen LogP contribution < -0.4 is 35.6 Å². The summed E-state index contributed by atoms with van der Waals surface area (Å²) in [6, 6.07) is 29.8. The first-order chi connectivity index (χ1) is 35.1. The Labute approximate surface area is 414 Å². The highest BCUT2D eigenvalue weighted by Crippen LogP contribution is 2.32. The van der Waals surface area contributed by atoms with E-state index >= 15 is 0 Å². The summed E-state index contributed by atoms with van der Waals surface area (Å²) in [5.41, 5.74) is 12.4. The number of carbonyl (C=O) groups excluding carboxylic acids is 4. The molecule has 10 rings (SSSR count). The van der Waals surface area contributed by atoms with Crippen LogP contribution >= 0.6 is 0 Å². The number of esters is 1. The number of hydrogen-bond donors (Lipinski definition) is 3. The molecule has 0 fully saturated rings. The van der Waals surface area contributed by atoms with Crippen LogP contribution in [0.15, 0.2) is 122 Å². The van der Waals surface area contributed by atoms with E-state index in [2.05, 4.69) is 30.8 Å². The quantitative estimate of drug-likeness (QED) is 0.112. The van der Waals surface area contributed by atoms with E-state index < -0.39 is 11.9 Å². The van der Waals surface area contributed by atoms with Crippen LogP contribution in [0, 0.1) is 0 Å². The number of methoxy groups -OCH3 is 2. The molecule has 20 heteroatoms. The molecule has 2 aliphatic rings. The van der Waals surface area contributed by atoms with Gasteiger partial charge in [0.05, 0.1) is 45.3 Å². The molecule has 368 valence electrons. The van der Waals surface area contributed by atoms with Gasteiger partial charge in [-0.3, -0.25) is 14.4 Å². The van der Waals surface area contributed by atoms with Crippen molar-refractivity contribution in [1.82, 2.24) is 49.3 Å². The minimum absolute atomic E-state index is 0.122. The molecular formula is C52H53N13O7. The second-order valence-corrected chi connectivity index (χ2v) is 16.6. The fourth-order valence-electron chi connectivity index (χ4n) is 8.90. The summed E-state index contributed by atoms with van der Waals surface area (Å²) in [6.45, 7) is 4.08. The molecule has 72 heavy (non-hydrogen) atoms. The number of amides is 3. The molecule has 2 aliphatic heterocycles. The van der Waals surface area contributed by atoms with Crippen molar-refractivity contribution in [3.05, 3.63) is 167 Å². The maximum absolute atomic E-state index is 13.8. The molecule has 3 amide bonds. The van der Waals surface area contributed by atoms with Gasteiger partial charge in [0.25, 0.3) is 17.7 Å². The number of rotatable bonds is 15. The molecule has 0 saturated heterocycles. The van der Waals surface area contributed by atoms with Crippen LogP contribution in [0.1, 0.15) is 71.7 Å². The molecule has 0 atom stereocenters. The zero-order valence-electron chi connectivity index (χ0n) is 40.4. The normalized spacial score (nSPS) is 13.0. The third-order valence-corrected chi connectivity index (χ3v) is 12.4. The number of hydrogen-bond acceptors (Lipinski definition) is 13. The van der Waals surface area contributed by atoms with E-state index in [1.54, 1.807) is 91.9 Å². The molecule has 0 aliphatic carbocycles. The number of nitrogens with zero attached hydrogens (tertiary/aromatic N) is 10. The Morgan fingerprint density at radius 3 is 1.36 bits per heavy atom. The molecule has 0 unspecified atom stereocenters. The van der Waals surface area contributed by atoms with Crippen LogP contribution in [0.5, 0.6) is 11.5 Å². The van der Waals surface area contributed by atoms with Gasteiger partial charge in [0.15, 0.2) is 11.4 Å². The Morgan fingerprint density at radius 2 is 0.972 bits per heavy atom. The van der Waals surface area contributed by atoms with Gasteiger partial charge < -0.3 is 49.5 Å². The predicted octanol–water partition coefficient (Wildman–Crippen LogP) is 5.25. The number of benzene rings is 4. The van der Waals surface area contributed by atoms with Gasteiger partial charge >= 0.3 is 5.97 Å². The first kappa shape index (κ1) is 48.2. The molecule has 4 N–H and O–H groups in total. The number of ether oxygens (including phenoxy) is 3. The van der Waals surface area contributed by atoms with Crippen LogP contribution in [0.4, 0.5) is 11.4 Å². The molecule has 0 saturated carbocycles. The lowest BCUT2D eigenvalue weighted by atomic mass is 10.0. The first-order valence-electron chi connectivity index (χ1n) is 23.2. The van der Waals surface area contributed by atoms with Crippen molar-refractivity contribution in [2.75, 3.05) is 57.8 Å². The Bertz CT molecular complexity index is 3250. The SMILES string of the molecule is CCOC(=O)c1nn(-c2ccc(OC)cc2)c2c1CCN(c1ccc(-n3ccnc3CNC)cc1)C2=O.CNCc1nccn1-c1ccc(N2CCc3c(C(N)=O)nn(-c4ccc(OC)cc4)c3C2=O)cc1. The highest BCUT2D eigenvalue weighted by atomic mass is 16.5. The standard InChI is InChI=1S/C27H28N6O4.C25H25N7O3/c1-4-37-27(35)24-22-13-15-32(19-7-5-18(6-8-19)31-16-14-29-23(31)17-28-2)26(34)25(22)33(30-24)20-9-11-21(36-3)12-10-20;1-27-15-21-28-12-14-30(21)16-3-5-17(6-4-16)31-13-11-20-22(24(26)33)29-32(23(20)25(31)34)18-7-9-19(35-2)10-8-18/h5-12,14,16,28H,4,13,15,17H2,1-3H3;3-10,12,14,27H,11,13,15H2,1-2H3,(H2,26,33). The zero-order valence-corrected chi connectivity index (χ0v) is 40.4. The van der Waals surface area contributed by atoms with E-state index in [4.69, 9.17) is 19.9 Å². The number of nitrogens with one attached hydrogen (secondary N) is 2. The largest absolute Gasteiger partial charge is 0.497 e. The van der Waals surface area contributed by atoms with E-state index in [0.29, 0.717) is 84.4 Å². The van der Waals surface area contributed by atoms with Gasteiger partial charge in [-0.2, -0.15) is 10.2 Å². The highest BCUT2D eigenvalue weighted by molar-refractivity contribution is 6.10. The molecule has 0 radical (unpaired) electrons. The maximum Gasteiger partial charge on any atom is 0.359 e. The molecule has 6 heterocycles. The Hall–Kier alpha value is -8.88. The predicted molar refractivity (Wildman–Crippen MR) is 268 cm³/mol. The van der Waals surface area contributed by atoms with E-state index in [-0.39, 0.29) is 29.8 Å². The summed E-state index contributed by atoms with van der Waals surface area (Å²) in [7, 11) is 6.92. The summed E-state index contributed by atoms with van der Waals surface area (Å²) in [5, 5.41) is 15.2. The Kier molecular flexibility index (Phi) is 14.0. The summed E-state index contributed by atoms with van der Waals surface area (Å²) in [5.74, 6) is 1.48. The fraction of sp³-hybridized carbons (Fsp3) is 0.231. The van der Waals surface area contributed by atoms with E-state index in [0.717, 1.165) is 34.4 Å². The smallest absolute Gasteiger partial charge is 0.359 e. The average Bonchev–Trinajstić information content (AvgIpc) is 4.24. The second-order valence-electron chi connectivity index (χ2n) is 16.6. The number of primary amides is 1. The number of imidazole rings is 2. The monoisotopic (exact) mass is 971 g/mol. The van der Waals surface area contributed by atoms with Gasteiger partial charge in [-0.1, -0.05) is 0 Å². The van der Waals surface area contributed by atoms with Crippen LogP contribution in [0.25, 0.3) is 22.7 Å². The van der Waals surface area contributed by atoms with Crippen molar-refractivity contribution in [3.8, 4) is 34.2 Å². The summed E-state index contributed by atoms with van der Waals surface area (Å²) < 4.78 is 22.7. The number of nitrogens with two attached hydrogens (primary N) is 1. The maximum atomic E-state index is 13.8. The molecule has 0 bridgehead atoms. The first-order valence-corrected chi connectivity index (χ1v) is 23.2. The van der Waals surface area contributed by atoms with Crippen LogP contribution in [-0.4, -0.2) is 110 Å². The van der Waals surface area contributed by atoms with Gasteiger partial charge in [-0.15, -0.1) is 0 Å². The van der Waals surface area contributed by atoms with Crippen LogP contribution in [0.3, 0.4) is 0 Å². The molecule has 8 aromatic rings. The van der Waals surface area contributed by atoms with E-state index in [1.165, 1.54) is 9.36 Å². The van der Waals surface area contributed by atoms with Gasteiger partial charge in [0.2, 0.25) is 0 Å². The minimum Gasteiger partial charge on any atom is -0.497 e. The number of anilines is 2. The number of fused-ring (bicyclic) bond motifs is 2. The minimum atomic E-state index is -0.656. The molecule has 4 aromatic heterocycles. The van der Waals surface area contributed by atoms with Gasteiger partial charge in [-0.05, 0) is 131 Å². The Morgan fingerprint density at radius 1 is 0.583 bits per heavy atom. The summed E-state index contributed by atoms with van der Waals surface area (Å²) in [4.78, 5) is 64.5. The number of carbonyl (C=O) groups is 4. The molecule has 0 spiro atoms. The highest BCUT2D eigenvalue weighted by Gasteiger charge is 2.37. The zero-order chi connectivity index (χ0) is 50.5. The third kappa shape index (κ3) is 9.30. The molecular weight excluding hydrogens is 919 g/mol. The fourth-order valence-corrected chi connectivity index (χ4v) is 8.90. The van der Waals surface area contributed by atoms with Gasteiger partial charge in [-0.25, -0.2) is 24.1 Å². The lowest BCUT2D eigenvalue weighted by molar-refractivity contribution is 0.0517. The summed E-state index contributed by atoms with van der Waals surface area (Å²) >= 11 is 0. The van der Waals surface area contributed by atoms with Crippen molar-refractivity contribution in [1.29, 1.82) is 0 Å². The molecule has 20 nitrogen and oxygen atoms in total. The van der Waals surface area contributed by atoms with Gasteiger partial charge in [0, 0.05) is 71.8 Å². The van der Waals surface area contributed by atoms with Crippen molar-refractivity contribution in [2.45, 2.75) is 32.9 Å². The topological polar surface area (TPSA) is 224 Å². The number of aromatic nitrogens is 8. The second kappa shape index (κ2) is 21.0. The van der Waals surface area contributed by atoms with Crippen LogP contribution in [0.2, 0.25) is 0 Å². The van der Waals surface area contributed by atoms with Crippen LogP contribution in [-0.2, 0) is 30.7 Å². The van der Waals surface area contributed by atoms with Crippen molar-refractivity contribution in [3.63, 3.8) is 0 Å². The third-order valence-electron chi connectivity index (χ3n) is 12.4. The van der Waals surface area contributed by atoms with Crippen molar-refractivity contribution in [2.24, 2.45) is 5.73 Å². The van der Waals surface area contributed by atoms with Crippen molar-refractivity contribution >= 4 is 35.1 Å². The van der Waals surface area contributed by atoms with Gasteiger partial charge in [0.1, 0.15) is 34.5 Å². The Balaban J connectivity index is 0.000000178. The summed E-state index contributed by atoms with van der Waals surface area (Å²) in [6.07, 6.45) is 8.26.